The van der Waals surface area contributed by atoms with Crippen LogP contribution in [0.15, 0.2) is 60.1 Å². The Morgan fingerprint density at radius 3 is 2.70 bits per heavy atom. The number of likely N-dealkylation sites (N-methyl/N-ethyl adjacent to an activating group) is 1. The first-order valence-electron chi connectivity index (χ1n) is 11.0. The SMILES string of the molecule is C=C1C=C(c2ccncn2)N=C(N2CCCC(c3ccc(CC)c(CC)c3)C2)N1C. The van der Waals surface area contributed by atoms with E-state index in [0.29, 0.717) is 5.92 Å². The Bertz CT molecular complexity index is 976. The van der Waals surface area contributed by atoms with Gasteiger partial charge in [-0.25, -0.2) is 15.0 Å². The molecular formula is C25H31N5. The molecule has 1 aromatic heterocycles. The van der Waals surface area contributed by atoms with Crippen molar-refractivity contribution in [3.63, 3.8) is 0 Å². The topological polar surface area (TPSA) is 44.6 Å². The average molecular weight is 402 g/mol. The van der Waals surface area contributed by atoms with Gasteiger partial charge in [-0.2, -0.15) is 0 Å². The number of aryl methyl sites for hydroxylation is 2. The molecule has 3 heterocycles. The van der Waals surface area contributed by atoms with Gasteiger partial charge in [0.1, 0.15) is 6.33 Å². The van der Waals surface area contributed by atoms with E-state index < -0.39 is 0 Å². The Kier molecular flexibility index (Phi) is 5.98. The lowest BCUT2D eigenvalue weighted by atomic mass is 9.88. The van der Waals surface area contributed by atoms with Crippen molar-refractivity contribution in [3.05, 3.63) is 77.5 Å². The van der Waals surface area contributed by atoms with Crippen LogP contribution in [0.3, 0.4) is 0 Å². The van der Waals surface area contributed by atoms with E-state index in [1.165, 1.54) is 23.1 Å². The minimum Gasteiger partial charge on any atom is -0.342 e. The summed E-state index contributed by atoms with van der Waals surface area (Å²) in [6, 6.07) is 9.00. The van der Waals surface area contributed by atoms with Gasteiger partial charge in [0.2, 0.25) is 5.96 Å². The van der Waals surface area contributed by atoms with Gasteiger partial charge < -0.3 is 9.80 Å². The van der Waals surface area contributed by atoms with Crippen LogP contribution >= 0.6 is 0 Å². The van der Waals surface area contributed by atoms with Crippen LogP contribution in [0.4, 0.5) is 0 Å². The zero-order valence-corrected chi connectivity index (χ0v) is 18.3. The predicted octanol–water partition coefficient (Wildman–Crippen LogP) is 4.64. The quantitative estimate of drug-likeness (QED) is 0.749. The molecule has 0 spiro atoms. The van der Waals surface area contributed by atoms with Gasteiger partial charge in [0.25, 0.3) is 0 Å². The minimum atomic E-state index is 0.521. The van der Waals surface area contributed by atoms with Gasteiger partial charge in [-0.05, 0) is 54.5 Å². The van der Waals surface area contributed by atoms with E-state index in [9.17, 15) is 0 Å². The molecule has 30 heavy (non-hydrogen) atoms. The Hall–Kier alpha value is -2.95. The number of rotatable bonds is 4. The maximum absolute atomic E-state index is 4.97. The smallest absolute Gasteiger partial charge is 0.206 e. The summed E-state index contributed by atoms with van der Waals surface area (Å²) in [7, 11) is 2.04. The first kappa shape index (κ1) is 20.3. The van der Waals surface area contributed by atoms with Crippen molar-refractivity contribution in [1.82, 2.24) is 19.8 Å². The van der Waals surface area contributed by atoms with Gasteiger partial charge in [0.15, 0.2) is 0 Å². The molecule has 0 radical (unpaired) electrons. The monoisotopic (exact) mass is 401 g/mol. The van der Waals surface area contributed by atoms with Crippen molar-refractivity contribution < 1.29 is 0 Å². The van der Waals surface area contributed by atoms with E-state index in [2.05, 4.69) is 58.4 Å². The molecule has 1 fully saturated rings. The number of hydrogen-bond acceptors (Lipinski definition) is 5. The summed E-state index contributed by atoms with van der Waals surface area (Å²) in [5, 5.41) is 0. The summed E-state index contributed by atoms with van der Waals surface area (Å²) in [5.41, 5.74) is 7.02. The van der Waals surface area contributed by atoms with Crippen molar-refractivity contribution >= 4 is 11.7 Å². The van der Waals surface area contributed by atoms with Crippen LogP contribution in [-0.2, 0) is 12.8 Å². The molecule has 1 atom stereocenters. The van der Waals surface area contributed by atoms with Crippen LogP contribution in [0.25, 0.3) is 5.70 Å². The van der Waals surface area contributed by atoms with Crippen LogP contribution in [0.1, 0.15) is 55.0 Å². The molecule has 2 aromatic rings. The number of aliphatic imine (C=N–C) groups is 1. The van der Waals surface area contributed by atoms with Crippen molar-refractivity contribution in [2.45, 2.75) is 45.4 Å². The van der Waals surface area contributed by atoms with E-state index in [4.69, 9.17) is 4.99 Å². The molecule has 2 aliphatic rings. The third-order valence-electron chi connectivity index (χ3n) is 6.27. The lowest BCUT2D eigenvalue weighted by Gasteiger charge is -2.39. The van der Waals surface area contributed by atoms with Crippen LogP contribution in [0, 0.1) is 0 Å². The van der Waals surface area contributed by atoms with Gasteiger partial charge in [-0.1, -0.05) is 38.6 Å². The Morgan fingerprint density at radius 1 is 1.13 bits per heavy atom. The summed E-state index contributed by atoms with van der Waals surface area (Å²) in [6.07, 6.45) is 9.88. The molecule has 0 bridgehead atoms. The maximum Gasteiger partial charge on any atom is 0.206 e. The first-order chi connectivity index (χ1) is 14.6. The molecule has 5 heteroatoms. The largest absolute Gasteiger partial charge is 0.342 e. The molecule has 1 aromatic carbocycles. The van der Waals surface area contributed by atoms with Gasteiger partial charge in [-0.15, -0.1) is 0 Å². The summed E-state index contributed by atoms with van der Waals surface area (Å²) in [6.45, 7) is 10.7. The molecular weight excluding hydrogens is 370 g/mol. The second-order valence-electron chi connectivity index (χ2n) is 8.11. The average Bonchev–Trinajstić information content (AvgIpc) is 2.81. The van der Waals surface area contributed by atoms with E-state index in [0.717, 1.165) is 55.4 Å². The number of hydrogen-bond donors (Lipinski definition) is 0. The Balaban J connectivity index is 1.60. The fraction of sp³-hybridized carbons (Fsp3) is 0.400. The first-order valence-corrected chi connectivity index (χ1v) is 11.0. The van der Waals surface area contributed by atoms with Crippen molar-refractivity contribution in [2.75, 3.05) is 20.1 Å². The molecule has 4 rings (SSSR count). The third kappa shape index (κ3) is 4.02. The highest BCUT2D eigenvalue weighted by molar-refractivity contribution is 5.90. The predicted molar refractivity (Wildman–Crippen MR) is 123 cm³/mol. The second kappa shape index (κ2) is 8.82. The minimum absolute atomic E-state index is 0.521. The van der Waals surface area contributed by atoms with E-state index in [-0.39, 0.29) is 0 Å². The van der Waals surface area contributed by atoms with E-state index in [1.807, 2.05) is 19.2 Å². The highest BCUT2D eigenvalue weighted by Gasteiger charge is 2.28. The van der Waals surface area contributed by atoms with Crippen molar-refractivity contribution in [1.29, 1.82) is 0 Å². The number of piperidine rings is 1. The number of allylic oxidation sites excluding steroid dienone is 1. The lowest BCUT2D eigenvalue weighted by molar-refractivity contribution is 0.284. The van der Waals surface area contributed by atoms with Gasteiger partial charge in [0, 0.05) is 37.9 Å². The molecule has 5 nitrogen and oxygen atoms in total. The van der Waals surface area contributed by atoms with Crippen molar-refractivity contribution in [3.8, 4) is 0 Å². The highest BCUT2D eigenvalue weighted by atomic mass is 15.4. The molecule has 2 aliphatic heterocycles. The third-order valence-corrected chi connectivity index (χ3v) is 6.27. The second-order valence-corrected chi connectivity index (χ2v) is 8.11. The number of aromatic nitrogens is 2. The fourth-order valence-corrected chi connectivity index (χ4v) is 4.46. The molecule has 0 amide bonds. The Morgan fingerprint density at radius 2 is 1.97 bits per heavy atom. The summed E-state index contributed by atoms with van der Waals surface area (Å²) < 4.78 is 0. The fourth-order valence-electron chi connectivity index (χ4n) is 4.46. The lowest BCUT2D eigenvalue weighted by Crippen LogP contribution is -2.47. The van der Waals surface area contributed by atoms with E-state index in [1.54, 1.807) is 12.5 Å². The van der Waals surface area contributed by atoms with Gasteiger partial charge >= 0.3 is 0 Å². The van der Waals surface area contributed by atoms with Crippen LogP contribution in [-0.4, -0.2) is 45.9 Å². The number of nitrogens with zero attached hydrogens (tertiary/aromatic N) is 5. The molecule has 1 unspecified atom stereocenters. The zero-order chi connectivity index (χ0) is 21.1. The molecule has 156 valence electrons. The van der Waals surface area contributed by atoms with Crippen LogP contribution in [0.5, 0.6) is 0 Å². The summed E-state index contributed by atoms with van der Waals surface area (Å²) >= 11 is 0. The molecule has 0 aliphatic carbocycles. The van der Waals surface area contributed by atoms with E-state index >= 15 is 0 Å². The normalized spacial score (nSPS) is 19.6. The Labute approximate surface area is 179 Å². The van der Waals surface area contributed by atoms with Crippen molar-refractivity contribution in [2.24, 2.45) is 4.99 Å². The zero-order valence-electron chi connectivity index (χ0n) is 18.3. The maximum atomic E-state index is 4.97. The molecule has 0 saturated carbocycles. The number of likely N-dealkylation sites (tertiary alicyclic amines) is 1. The standard InChI is InChI=1S/C25H31N5/c1-5-19-9-10-21(15-20(19)6-2)22-8-7-13-30(16-22)25-28-24(14-18(3)29(25)4)23-11-12-26-17-27-23/h9-12,14-15,17,22H,3,5-8,13,16H2,1-2,4H3. The van der Waals surface area contributed by atoms with Gasteiger partial charge in [-0.3, -0.25) is 0 Å². The summed E-state index contributed by atoms with van der Waals surface area (Å²) in [4.78, 5) is 17.9. The number of guanidine groups is 1. The molecule has 1 saturated heterocycles. The van der Waals surface area contributed by atoms with Crippen LogP contribution < -0.4 is 0 Å². The van der Waals surface area contributed by atoms with Crippen LogP contribution in [0.2, 0.25) is 0 Å². The highest BCUT2D eigenvalue weighted by Crippen LogP contribution is 2.31. The number of benzene rings is 1. The van der Waals surface area contributed by atoms with Gasteiger partial charge in [0.05, 0.1) is 11.4 Å². The molecule has 0 N–H and O–H groups in total. The summed E-state index contributed by atoms with van der Waals surface area (Å²) in [5.74, 6) is 1.48.